The molecule has 0 aliphatic heterocycles. The van der Waals surface area contributed by atoms with Gasteiger partial charge in [-0.2, -0.15) is 0 Å². The van der Waals surface area contributed by atoms with E-state index in [1.165, 1.54) is 38.6 Å². The number of unbranched alkanes of at least 4 members (excludes halogenated alkanes) is 1. The minimum Gasteiger partial charge on any atom is -0.396 e. The van der Waals surface area contributed by atoms with Gasteiger partial charge in [-0.1, -0.05) is 25.7 Å². The fraction of sp³-hybridized carbons (Fsp3) is 1.00. The first-order chi connectivity index (χ1) is 6.83. The van der Waals surface area contributed by atoms with Crippen LogP contribution in [0.3, 0.4) is 0 Å². The third-order valence-electron chi connectivity index (χ3n) is 3.34. The van der Waals surface area contributed by atoms with E-state index in [9.17, 15) is 0 Å². The molecule has 2 nitrogen and oxygen atoms in total. The second kappa shape index (κ2) is 7.24. The number of hydrogen-bond donors (Lipinski definition) is 1. The third-order valence-corrected chi connectivity index (χ3v) is 3.34. The lowest BCUT2D eigenvalue weighted by atomic mass is 10.0. The molecular weight excluding hydrogens is 174 g/mol. The van der Waals surface area contributed by atoms with E-state index in [1.807, 2.05) is 0 Å². The molecule has 0 atom stereocenters. The summed E-state index contributed by atoms with van der Waals surface area (Å²) in [6.07, 6.45) is 9.31. The van der Waals surface area contributed by atoms with Gasteiger partial charge >= 0.3 is 0 Å². The van der Waals surface area contributed by atoms with Crippen LogP contribution in [0.5, 0.6) is 0 Å². The SMILES string of the molecule is CN(CCCCO)CCC1CCCC1. The molecule has 0 bridgehead atoms. The summed E-state index contributed by atoms with van der Waals surface area (Å²) in [5.74, 6) is 1.01. The molecule has 1 saturated carbocycles. The van der Waals surface area contributed by atoms with Crippen molar-refractivity contribution < 1.29 is 5.11 Å². The summed E-state index contributed by atoms with van der Waals surface area (Å²) >= 11 is 0. The molecule has 0 heterocycles. The summed E-state index contributed by atoms with van der Waals surface area (Å²) in [4.78, 5) is 2.41. The van der Waals surface area contributed by atoms with Crippen molar-refractivity contribution in [2.75, 3.05) is 26.7 Å². The molecule has 0 amide bonds. The van der Waals surface area contributed by atoms with Gasteiger partial charge in [-0.3, -0.25) is 0 Å². The summed E-state index contributed by atoms with van der Waals surface area (Å²) < 4.78 is 0. The van der Waals surface area contributed by atoms with Crippen LogP contribution in [-0.4, -0.2) is 36.8 Å². The molecule has 0 saturated heterocycles. The van der Waals surface area contributed by atoms with Crippen LogP contribution < -0.4 is 0 Å². The Morgan fingerprint density at radius 1 is 1.14 bits per heavy atom. The third kappa shape index (κ3) is 4.97. The molecule has 0 aromatic heterocycles. The molecule has 84 valence electrons. The van der Waals surface area contributed by atoms with Gasteiger partial charge in [0.25, 0.3) is 0 Å². The minimum absolute atomic E-state index is 0.344. The van der Waals surface area contributed by atoms with Crippen molar-refractivity contribution in [3.05, 3.63) is 0 Å². The lowest BCUT2D eigenvalue weighted by Gasteiger charge is -2.18. The standard InChI is InChI=1S/C12H25NO/c1-13(9-4-5-11-14)10-8-12-6-2-3-7-12/h12,14H,2-11H2,1H3. The van der Waals surface area contributed by atoms with E-state index in [-0.39, 0.29) is 0 Å². The molecule has 0 unspecified atom stereocenters. The molecular formula is C12H25NO. The van der Waals surface area contributed by atoms with Crippen LogP contribution in [0.4, 0.5) is 0 Å². The summed E-state index contributed by atoms with van der Waals surface area (Å²) in [5.41, 5.74) is 0. The Morgan fingerprint density at radius 2 is 1.86 bits per heavy atom. The molecule has 1 aliphatic rings. The Labute approximate surface area is 88.3 Å². The van der Waals surface area contributed by atoms with Crippen LogP contribution in [0.2, 0.25) is 0 Å². The van der Waals surface area contributed by atoms with Gasteiger partial charge in [0.15, 0.2) is 0 Å². The first-order valence-corrected chi connectivity index (χ1v) is 6.12. The Balaban J connectivity index is 1.93. The topological polar surface area (TPSA) is 23.5 Å². The van der Waals surface area contributed by atoms with Crippen molar-refractivity contribution >= 4 is 0 Å². The Morgan fingerprint density at radius 3 is 2.50 bits per heavy atom. The maximum atomic E-state index is 8.66. The predicted octanol–water partition coefficient (Wildman–Crippen LogP) is 2.27. The van der Waals surface area contributed by atoms with Crippen molar-refractivity contribution in [1.82, 2.24) is 4.90 Å². The minimum atomic E-state index is 0.344. The molecule has 0 spiro atoms. The zero-order valence-corrected chi connectivity index (χ0v) is 9.54. The summed E-state index contributed by atoms with van der Waals surface area (Å²) in [7, 11) is 2.20. The number of aliphatic hydroxyl groups is 1. The Kier molecular flexibility index (Phi) is 6.20. The number of hydrogen-bond acceptors (Lipinski definition) is 2. The number of aliphatic hydroxyl groups excluding tert-OH is 1. The first-order valence-electron chi connectivity index (χ1n) is 6.12. The number of rotatable bonds is 7. The highest BCUT2D eigenvalue weighted by Gasteiger charge is 2.14. The molecule has 0 aromatic rings. The van der Waals surface area contributed by atoms with E-state index >= 15 is 0 Å². The molecule has 14 heavy (non-hydrogen) atoms. The smallest absolute Gasteiger partial charge is 0.0431 e. The van der Waals surface area contributed by atoms with Gasteiger partial charge in [-0.25, -0.2) is 0 Å². The van der Waals surface area contributed by atoms with Gasteiger partial charge < -0.3 is 10.0 Å². The van der Waals surface area contributed by atoms with Crippen LogP contribution in [-0.2, 0) is 0 Å². The quantitative estimate of drug-likeness (QED) is 0.636. The average molecular weight is 199 g/mol. The predicted molar refractivity (Wildman–Crippen MR) is 60.4 cm³/mol. The van der Waals surface area contributed by atoms with E-state index in [0.717, 1.165) is 25.3 Å². The molecule has 0 radical (unpaired) electrons. The largest absolute Gasteiger partial charge is 0.396 e. The molecule has 1 fully saturated rings. The van der Waals surface area contributed by atoms with Crippen molar-refractivity contribution in [1.29, 1.82) is 0 Å². The van der Waals surface area contributed by atoms with E-state index in [4.69, 9.17) is 5.11 Å². The highest BCUT2D eigenvalue weighted by Crippen LogP contribution is 2.27. The van der Waals surface area contributed by atoms with Crippen molar-refractivity contribution in [2.24, 2.45) is 5.92 Å². The van der Waals surface area contributed by atoms with Crippen LogP contribution in [0, 0.1) is 5.92 Å². The van der Waals surface area contributed by atoms with Crippen LogP contribution in [0.25, 0.3) is 0 Å². The molecule has 0 aromatic carbocycles. The summed E-state index contributed by atoms with van der Waals surface area (Å²) in [5, 5.41) is 8.66. The lowest BCUT2D eigenvalue weighted by molar-refractivity contribution is 0.256. The van der Waals surface area contributed by atoms with Gasteiger partial charge in [-0.15, -0.1) is 0 Å². The fourth-order valence-corrected chi connectivity index (χ4v) is 2.31. The Hall–Kier alpha value is -0.0800. The second-order valence-corrected chi connectivity index (χ2v) is 4.67. The van der Waals surface area contributed by atoms with E-state index in [1.54, 1.807) is 0 Å². The van der Waals surface area contributed by atoms with Crippen LogP contribution in [0.15, 0.2) is 0 Å². The fourth-order valence-electron chi connectivity index (χ4n) is 2.31. The first kappa shape index (κ1) is 12.0. The maximum Gasteiger partial charge on any atom is 0.0431 e. The highest BCUT2D eigenvalue weighted by atomic mass is 16.2. The van der Waals surface area contributed by atoms with Gasteiger partial charge in [-0.05, 0) is 45.3 Å². The normalized spacial score (nSPS) is 18.2. The van der Waals surface area contributed by atoms with E-state index < -0.39 is 0 Å². The summed E-state index contributed by atoms with van der Waals surface area (Å²) in [6, 6.07) is 0. The van der Waals surface area contributed by atoms with Gasteiger partial charge in [0.05, 0.1) is 0 Å². The van der Waals surface area contributed by atoms with Gasteiger partial charge in [0.2, 0.25) is 0 Å². The monoisotopic (exact) mass is 199 g/mol. The molecule has 1 N–H and O–H groups in total. The van der Waals surface area contributed by atoms with Crippen LogP contribution in [0.1, 0.15) is 44.9 Å². The maximum absolute atomic E-state index is 8.66. The highest BCUT2D eigenvalue weighted by molar-refractivity contribution is 4.68. The van der Waals surface area contributed by atoms with E-state index in [0.29, 0.717) is 6.61 Å². The summed E-state index contributed by atoms with van der Waals surface area (Å²) in [6.45, 7) is 2.74. The van der Waals surface area contributed by atoms with Crippen LogP contribution >= 0.6 is 0 Å². The molecule has 1 rings (SSSR count). The number of nitrogens with zero attached hydrogens (tertiary/aromatic N) is 1. The lowest BCUT2D eigenvalue weighted by Crippen LogP contribution is -2.22. The zero-order valence-electron chi connectivity index (χ0n) is 9.54. The zero-order chi connectivity index (χ0) is 10.2. The molecule has 2 heteroatoms. The van der Waals surface area contributed by atoms with Crippen molar-refractivity contribution in [3.8, 4) is 0 Å². The van der Waals surface area contributed by atoms with Gasteiger partial charge in [0, 0.05) is 6.61 Å². The van der Waals surface area contributed by atoms with E-state index in [2.05, 4.69) is 11.9 Å². The average Bonchev–Trinajstić information content (AvgIpc) is 2.68. The van der Waals surface area contributed by atoms with Crippen molar-refractivity contribution in [2.45, 2.75) is 44.9 Å². The Bertz CT molecular complexity index is 132. The molecule has 1 aliphatic carbocycles. The second-order valence-electron chi connectivity index (χ2n) is 4.67. The van der Waals surface area contributed by atoms with Gasteiger partial charge in [0.1, 0.15) is 0 Å². The van der Waals surface area contributed by atoms with Crippen molar-refractivity contribution in [3.63, 3.8) is 0 Å².